The number of aryl methyl sites for hydroxylation is 1. The molecule has 1 atom stereocenters. The first-order chi connectivity index (χ1) is 17.5. The summed E-state index contributed by atoms with van der Waals surface area (Å²) in [5.41, 5.74) is 1.84. The van der Waals surface area contributed by atoms with Crippen molar-refractivity contribution in [1.29, 1.82) is 0 Å². The van der Waals surface area contributed by atoms with E-state index in [0.717, 1.165) is 30.5 Å². The second kappa shape index (κ2) is 9.91. The number of hydrogen-bond acceptors (Lipinski definition) is 6. The molecule has 9 heteroatoms. The van der Waals surface area contributed by atoms with E-state index in [0.29, 0.717) is 49.5 Å². The van der Waals surface area contributed by atoms with E-state index < -0.39 is 29.6 Å². The highest BCUT2D eigenvalue weighted by atomic mass is 19.3. The van der Waals surface area contributed by atoms with Crippen molar-refractivity contribution in [3.63, 3.8) is 0 Å². The molecule has 6 nitrogen and oxygen atoms in total. The predicted octanol–water partition coefficient (Wildman–Crippen LogP) is 6.23. The lowest BCUT2D eigenvalue weighted by atomic mass is 9.93. The summed E-state index contributed by atoms with van der Waals surface area (Å²) in [6.07, 6.45) is 5.80. The topological polar surface area (TPSA) is 68.3 Å². The molecule has 2 aliphatic carbocycles. The van der Waals surface area contributed by atoms with Gasteiger partial charge < -0.3 is 20.1 Å². The largest absolute Gasteiger partial charge is 0.383 e. The van der Waals surface area contributed by atoms with Crippen LogP contribution >= 0.6 is 0 Å². The fraction of sp³-hybridized carbons (Fsp3) is 0.571. The van der Waals surface area contributed by atoms with Crippen molar-refractivity contribution in [3.05, 3.63) is 64.5 Å². The molecule has 37 heavy (non-hydrogen) atoms. The van der Waals surface area contributed by atoms with Gasteiger partial charge in [-0.2, -0.15) is 0 Å². The van der Waals surface area contributed by atoms with E-state index in [2.05, 4.69) is 22.2 Å². The van der Waals surface area contributed by atoms with Gasteiger partial charge in [0.15, 0.2) is 6.29 Å². The molecule has 1 aromatic heterocycles. The average Bonchev–Trinajstić information content (AvgIpc) is 3.56. The smallest absolute Gasteiger partial charge is 0.273 e. The van der Waals surface area contributed by atoms with Crippen LogP contribution < -0.4 is 10.6 Å². The molecule has 200 valence electrons. The minimum atomic E-state index is -3.29. The molecule has 1 saturated heterocycles. The third kappa shape index (κ3) is 5.34. The number of hydrogen-bond donors (Lipinski definition) is 2. The van der Waals surface area contributed by atoms with Crippen molar-refractivity contribution in [2.75, 3.05) is 18.5 Å². The van der Waals surface area contributed by atoms with Crippen LogP contribution in [-0.4, -0.2) is 28.7 Å². The SMILES string of the molecule is C=C(Cc1nc(C)nc(NC(C)c2cccc(C(C)(F)F)c2F)c1C1OCCO1)NC12CCC(CC1)C2. The van der Waals surface area contributed by atoms with Gasteiger partial charge in [0.2, 0.25) is 0 Å². The highest BCUT2D eigenvalue weighted by molar-refractivity contribution is 5.51. The second-order valence-electron chi connectivity index (χ2n) is 10.8. The molecule has 2 heterocycles. The fourth-order valence-corrected chi connectivity index (χ4v) is 6.15. The maximum absolute atomic E-state index is 15.1. The molecule has 1 unspecified atom stereocenters. The van der Waals surface area contributed by atoms with E-state index in [9.17, 15) is 8.78 Å². The lowest BCUT2D eigenvalue weighted by molar-refractivity contribution is -0.0446. The minimum absolute atomic E-state index is 0.123. The van der Waals surface area contributed by atoms with E-state index in [1.165, 1.54) is 31.4 Å². The number of fused-ring (bicyclic) bond motifs is 2. The fourth-order valence-electron chi connectivity index (χ4n) is 6.15. The normalized spacial score (nSPS) is 24.4. The van der Waals surface area contributed by atoms with Crippen molar-refractivity contribution in [2.24, 2.45) is 5.92 Å². The second-order valence-corrected chi connectivity index (χ2v) is 10.8. The quantitative estimate of drug-likeness (QED) is 0.412. The number of allylic oxidation sites excluding steroid dienone is 1. The Morgan fingerprint density at radius 2 is 1.92 bits per heavy atom. The van der Waals surface area contributed by atoms with Gasteiger partial charge in [-0.25, -0.2) is 23.1 Å². The summed E-state index contributed by atoms with van der Waals surface area (Å²) >= 11 is 0. The Balaban J connectivity index is 1.44. The summed E-state index contributed by atoms with van der Waals surface area (Å²) in [5.74, 6) is -2.46. The van der Waals surface area contributed by atoms with E-state index in [1.807, 2.05) is 0 Å². The van der Waals surface area contributed by atoms with Crippen LogP contribution in [0.1, 0.15) is 86.5 Å². The molecule has 2 bridgehead atoms. The van der Waals surface area contributed by atoms with Gasteiger partial charge in [-0.3, -0.25) is 0 Å². The molecule has 1 aromatic carbocycles. The van der Waals surface area contributed by atoms with E-state index in [4.69, 9.17) is 14.5 Å². The third-order valence-corrected chi connectivity index (χ3v) is 7.88. The molecular weight excluding hydrogens is 481 g/mol. The van der Waals surface area contributed by atoms with Gasteiger partial charge in [-0.05, 0) is 51.9 Å². The number of rotatable bonds is 9. The molecule has 2 N–H and O–H groups in total. The van der Waals surface area contributed by atoms with Crippen molar-refractivity contribution in [3.8, 4) is 0 Å². The molecule has 3 aliphatic rings. The van der Waals surface area contributed by atoms with Gasteiger partial charge in [0.1, 0.15) is 17.5 Å². The summed E-state index contributed by atoms with van der Waals surface area (Å²) in [7, 11) is 0. The Labute approximate surface area is 216 Å². The summed E-state index contributed by atoms with van der Waals surface area (Å²) < 4.78 is 54.7. The molecule has 2 aromatic rings. The lowest BCUT2D eigenvalue weighted by Crippen LogP contribution is -2.40. The molecule has 1 aliphatic heterocycles. The average molecular weight is 517 g/mol. The number of nitrogens with one attached hydrogen (secondary N) is 2. The number of aromatic nitrogens is 2. The van der Waals surface area contributed by atoms with Crippen LogP contribution in [0, 0.1) is 18.7 Å². The summed E-state index contributed by atoms with van der Waals surface area (Å²) in [6.45, 7) is 9.36. The van der Waals surface area contributed by atoms with Gasteiger partial charge in [-0.1, -0.05) is 24.8 Å². The molecule has 2 saturated carbocycles. The van der Waals surface area contributed by atoms with Gasteiger partial charge in [0.25, 0.3) is 5.92 Å². The predicted molar refractivity (Wildman–Crippen MR) is 135 cm³/mol. The van der Waals surface area contributed by atoms with E-state index in [-0.39, 0.29) is 11.1 Å². The van der Waals surface area contributed by atoms with Crippen LogP contribution in [0.3, 0.4) is 0 Å². The number of ether oxygens (including phenoxy) is 2. The van der Waals surface area contributed by atoms with Gasteiger partial charge in [0, 0.05) is 30.1 Å². The van der Waals surface area contributed by atoms with Crippen LogP contribution in [0.5, 0.6) is 0 Å². The summed E-state index contributed by atoms with van der Waals surface area (Å²) in [5, 5.41) is 6.94. The Morgan fingerprint density at radius 3 is 2.54 bits per heavy atom. The van der Waals surface area contributed by atoms with Crippen LogP contribution in [0.15, 0.2) is 30.5 Å². The Bertz CT molecular complexity index is 1170. The maximum Gasteiger partial charge on any atom is 0.273 e. The van der Waals surface area contributed by atoms with Gasteiger partial charge >= 0.3 is 0 Å². The van der Waals surface area contributed by atoms with E-state index >= 15 is 4.39 Å². The van der Waals surface area contributed by atoms with Crippen molar-refractivity contribution in [2.45, 2.75) is 83.1 Å². The van der Waals surface area contributed by atoms with Crippen molar-refractivity contribution >= 4 is 5.82 Å². The molecule has 0 amide bonds. The van der Waals surface area contributed by atoms with Crippen molar-refractivity contribution in [1.82, 2.24) is 15.3 Å². The molecule has 3 fully saturated rings. The lowest BCUT2D eigenvalue weighted by Gasteiger charge is -2.31. The zero-order valence-electron chi connectivity index (χ0n) is 21.7. The number of nitrogens with zero attached hydrogens (tertiary/aromatic N) is 2. The number of benzene rings is 1. The highest BCUT2D eigenvalue weighted by Crippen LogP contribution is 2.48. The van der Waals surface area contributed by atoms with Crippen molar-refractivity contribution < 1.29 is 22.6 Å². The molecule has 5 rings (SSSR count). The zero-order chi connectivity index (χ0) is 26.4. The zero-order valence-corrected chi connectivity index (χ0v) is 21.7. The number of alkyl halides is 2. The minimum Gasteiger partial charge on any atom is -0.383 e. The summed E-state index contributed by atoms with van der Waals surface area (Å²) in [6, 6.07) is 3.40. The van der Waals surface area contributed by atoms with Crippen LogP contribution in [0.4, 0.5) is 19.0 Å². The summed E-state index contributed by atoms with van der Waals surface area (Å²) in [4.78, 5) is 9.30. The molecule has 0 spiro atoms. The first kappa shape index (κ1) is 26.0. The van der Waals surface area contributed by atoms with Crippen LogP contribution in [0.25, 0.3) is 0 Å². The molecule has 0 radical (unpaired) electrons. The Morgan fingerprint density at radius 1 is 1.22 bits per heavy atom. The van der Waals surface area contributed by atoms with Crippen LogP contribution in [0.2, 0.25) is 0 Å². The van der Waals surface area contributed by atoms with Gasteiger partial charge in [-0.15, -0.1) is 0 Å². The molecular formula is C28H35F3N4O2. The first-order valence-corrected chi connectivity index (χ1v) is 13.0. The van der Waals surface area contributed by atoms with Crippen LogP contribution in [-0.2, 0) is 21.8 Å². The number of halogens is 3. The third-order valence-electron chi connectivity index (χ3n) is 7.88. The Kier molecular flexibility index (Phi) is 6.96. The highest BCUT2D eigenvalue weighted by Gasteiger charge is 2.45. The maximum atomic E-state index is 15.1. The monoisotopic (exact) mass is 516 g/mol. The standard InChI is InChI=1S/C28H35F3N4O2/c1-16(35-28-10-8-19(15-28)9-11-28)14-22-23(26-36-12-13-37-26)25(34-18(3)33-22)32-17(2)20-6-5-7-21(24(20)29)27(4,30)31/h5-7,17,19,26,35H,1,8-15H2,2-4H3,(H,32,33,34). The first-order valence-electron chi connectivity index (χ1n) is 13.0. The Hall–Kier alpha value is -2.65. The number of anilines is 1. The van der Waals surface area contributed by atoms with Gasteiger partial charge in [0.05, 0.1) is 36.1 Å². The van der Waals surface area contributed by atoms with E-state index in [1.54, 1.807) is 13.8 Å².